The van der Waals surface area contributed by atoms with Crippen LogP contribution < -0.4 is 5.73 Å². The monoisotopic (exact) mass is 209 g/mol. The van der Waals surface area contributed by atoms with Crippen LogP contribution in [-0.2, 0) is 0 Å². The van der Waals surface area contributed by atoms with Crippen molar-refractivity contribution in [3.05, 3.63) is 22.9 Å². The second-order valence-electron chi connectivity index (χ2n) is 3.11. The van der Waals surface area contributed by atoms with E-state index in [-0.39, 0.29) is 5.84 Å². The number of hydrogen-bond donors (Lipinski definition) is 2. The molecule has 0 saturated heterocycles. The fourth-order valence-corrected chi connectivity index (χ4v) is 2.27. The van der Waals surface area contributed by atoms with Crippen LogP contribution in [0.5, 0.6) is 0 Å². The van der Waals surface area contributed by atoms with Crippen LogP contribution in [0.15, 0.2) is 11.1 Å². The van der Waals surface area contributed by atoms with Gasteiger partial charge in [0, 0.05) is 5.69 Å². The minimum absolute atomic E-state index is 0.103. The molecule has 1 aromatic heterocycles. The molecule has 0 spiro atoms. The van der Waals surface area contributed by atoms with E-state index in [0.717, 1.165) is 27.6 Å². The van der Waals surface area contributed by atoms with Crippen molar-refractivity contribution < 1.29 is 0 Å². The van der Waals surface area contributed by atoms with Crippen LogP contribution in [0.3, 0.4) is 0 Å². The van der Waals surface area contributed by atoms with Gasteiger partial charge in [-0.05, 0) is 31.2 Å². The van der Waals surface area contributed by atoms with Crippen molar-refractivity contribution in [2.24, 2.45) is 5.73 Å². The number of rotatable bonds is 3. The van der Waals surface area contributed by atoms with Crippen molar-refractivity contribution >= 4 is 17.6 Å². The second-order valence-corrected chi connectivity index (χ2v) is 4.36. The van der Waals surface area contributed by atoms with Gasteiger partial charge in [0.1, 0.15) is 10.9 Å². The van der Waals surface area contributed by atoms with Gasteiger partial charge in [-0.1, -0.05) is 6.92 Å². The van der Waals surface area contributed by atoms with E-state index in [0.29, 0.717) is 0 Å². The topological polar surface area (TPSA) is 62.8 Å². The molecule has 14 heavy (non-hydrogen) atoms. The summed E-state index contributed by atoms with van der Waals surface area (Å²) in [7, 11) is 0. The van der Waals surface area contributed by atoms with E-state index in [1.807, 2.05) is 19.9 Å². The molecule has 0 aliphatic rings. The van der Waals surface area contributed by atoms with Gasteiger partial charge in [0.05, 0.1) is 5.56 Å². The van der Waals surface area contributed by atoms with E-state index < -0.39 is 0 Å². The number of nitrogens with zero attached hydrogens (tertiary/aromatic N) is 1. The first kappa shape index (κ1) is 11.0. The lowest BCUT2D eigenvalue weighted by Gasteiger charge is -2.10. The van der Waals surface area contributed by atoms with Crippen molar-refractivity contribution in [1.82, 2.24) is 4.98 Å². The van der Waals surface area contributed by atoms with Crippen molar-refractivity contribution in [1.29, 1.82) is 5.41 Å². The number of amidine groups is 1. The molecule has 1 aromatic rings. The third-order valence-corrected chi connectivity index (χ3v) is 2.72. The zero-order valence-electron chi connectivity index (χ0n) is 8.72. The van der Waals surface area contributed by atoms with Crippen molar-refractivity contribution in [2.75, 3.05) is 5.75 Å². The van der Waals surface area contributed by atoms with Crippen LogP contribution in [0, 0.1) is 19.3 Å². The van der Waals surface area contributed by atoms with E-state index >= 15 is 0 Å². The average Bonchev–Trinajstić information content (AvgIpc) is 2.01. The summed E-state index contributed by atoms with van der Waals surface area (Å²) in [5, 5.41) is 8.36. The summed E-state index contributed by atoms with van der Waals surface area (Å²) in [4.78, 5) is 4.39. The molecule has 0 radical (unpaired) electrons. The summed E-state index contributed by atoms with van der Waals surface area (Å²) < 4.78 is 0. The quantitative estimate of drug-likeness (QED) is 0.455. The van der Waals surface area contributed by atoms with Gasteiger partial charge in [-0.3, -0.25) is 5.41 Å². The summed E-state index contributed by atoms with van der Waals surface area (Å²) in [6.07, 6.45) is 0. The Hall–Kier alpha value is -1.03. The number of aromatic nitrogens is 1. The summed E-state index contributed by atoms with van der Waals surface area (Å²) in [6.45, 7) is 5.98. The smallest absolute Gasteiger partial charge is 0.125 e. The molecular formula is C10H15N3S. The molecule has 4 heteroatoms. The van der Waals surface area contributed by atoms with Crippen LogP contribution in [0.4, 0.5) is 0 Å². The fraction of sp³-hybridized carbons (Fsp3) is 0.400. The van der Waals surface area contributed by atoms with Crippen LogP contribution in [-0.4, -0.2) is 16.6 Å². The van der Waals surface area contributed by atoms with Crippen LogP contribution in [0.2, 0.25) is 0 Å². The Morgan fingerprint density at radius 2 is 2.21 bits per heavy atom. The van der Waals surface area contributed by atoms with Gasteiger partial charge in [0.2, 0.25) is 0 Å². The van der Waals surface area contributed by atoms with E-state index in [1.165, 1.54) is 0 Å². The maximum absolute atomic E-state index is 7.49. The van der Waals surface area contributed by atoms with Gasteiger partial charge >= 0.3 is 0 Å². The molecule has 0 saturated carbocycles. The first-order valence-corrected chi connectivity index (χ1v) is 5.50. The number of pyridine rings is 1. The van der Waals surface area contributed by atoms with Crippen molar-refractivity contribution in [3.63, 3.8) is 0 Å². The molecule has 3 N–H and O–H groups in total. The number of nitrogen functional groups attached to an aromatic ring is 1. The molecule has 0 unspecified atom stereocenters. The number of thioether (sulfide) groups is 1. The molecule has 0 amide bonds. The summed E-state index contributed by atoms with van der Waals surface area (Å²) in [5.41, 5.74) is 8.31. The lowest BCUT2D eigenvalue weighted by atomic mass is 10.1. The normalized spacial score (nSPS) is 10.2. The Balaban J connectivity index is 3.28. The van der Waals surface area contributed by atoms with E-state index in [1.54, 1.807) is 11.8 Å². The molecule has 76 valence electrons. The zero-order chi connectivity index (χ0) is 10.7. The molecule has 1 rings (SSSR count). The SMILES string of the molecule is CCSc1nc(C)cc(C)c1C(=N)N. The highest BCUT2D eigenvalue weighted by Gasteiger charge is 2.10. The van der Waals surface area contributed by atoms with Gasteiger partial charge in [0.15, 0.2) is 0 Å². The first-order chi connectivity index (χ1) is 6.56. The Morgan fingerprint density at radius 1 is 1.57 bits per heavy atom. The van der Waals surface area contributed by atoms with Gasteiger partial charge in [-0.25, -0.2) is 4.98 Å². The molecule has 0 bridgehead atoms. The largest absolute Gasteiger partial charge is 0.384 e. The van der Waals surface area contributed by atoms with Crippen LogP contribution >= 0.6 is 11.8 Å². The van der Waals surface area contributed by atoms with E-state index in [2.05, 4.69) is 11.9 Å². The predicted molar refractivity (Wildman–Crippen MR) is 61.1 cm³/mol. The highest BCUT2D eigenvalue weighted by Crippen LogP contribution is 2.23. The average molecular weight is 209 g/mol. The van der Waals surface area contributed by atoms with E-state index in [9.17, 15) is 0 Å². The Labute approximate surface area is 88.6 Å². The number of hydrogen-bond acceptors (Lipinski definition) is 3. The first-order valence-electron chi connectivity index (χ1n) is 4.51. The molecule has 3 nitrogen and oxygen atoms in total. The summed E-state index contributed by atoms with van der Waals surface area (Å²) >= 11 is 1.63. The number of aryl methyl sites for hydroxylation is 2. The number of nitrogens with one attached hydrogen (secondary N) is 1. The Bertz CT molecular complexity index is 361. The molecule has 0 fully saturated rings. The van der Waals surface area contributed by atoms with Crippen molar-refractivity contribution in [3.8, 4) is 0 Å². The minimum Gasteiger partial charge on any atom is -0.384 e. The summed E-state index contributed by atoms with van der Waals surface area (Å²) in [6, 6.07) is 1.95. The standard InChI is InChI=1S/C10H15N3S/c1-4-14-10-8(9(11)12)6(2)5-7(3)13-10/h5H,4H2,1-3H3,(H3,11,12). The Morgan fingerprint density at radius 3 is 2.71 bits per heavy atom. The molecule has 1 heterocycles. The molecule has 0 aliphatic heterocycles. The summed E-state index contributed by atoms with van der Waals surface area (Å²) in [5.74, 6) is 1.04. The predicted octanol–water partition coefficient (Wildman–Crippen LogP) is 2.09. The van der Waals surface area contributed by atoms with Crippen molar-refractivity contribution in [2.45, 2.75) is 25.8 Å². The van der Waals surface area contributed by atoms with Crippen LogP contribution in [0.1, 0.15) is 23.7 Å². The van der Waals surface area contributed by atoms with Crippen LogP contribution in [0.25, 0.3) is 0 Å². The lowest BCUT2D eigenvalue weighted by molar-refractivity contribution is 1.03. The highest BCUT2D eigenvalue weighted by molar-refractivity contribution is 7.99. The molecule has 0 aromatic carbocycles. The zero-order valence-corrected chi connectivity index (χ0v) is 9.53. The van der Waals surface area contributed by atoms with E-state index in [4.69, 9.17) is 11.1 Å². The third kappa shape index (κ3) is 2.26. The molecular weight excluding hydrogens is 194 g/mol. The third-order valence-electron chi connectivity index (χ3n) is 1.86. The highest BCUT2D eigenvalue weighted by atomic mass is 32.2. The maximum atomic E-state index is 7.49. The van der Waals surface area contributed by atoms with Gasteiger partial charge in [-0.2, -0.15) is 0 Å². The number of nitrogens with two attached hydrogens (primary N) is 1. The lowest BCUT2D eigenvalue weighted by Crippen LogP contribution is -2.15. The Kier molecular flexibility index (Phi) is 3.52. The van der Waals surface area contributed by atoms with Gasteiger partial charge in [-0.15, -0.1) is 11.8 Å². The maximum Gasteiger partial charge on any atom is 0.125 e. The second kappa shape index (κ2) is 4.46. The van der Waals surface area contributed by atoms with Gasteiger partial charge < -0.3 is 5.73 Å². The fourth-order valence-electron chi connectivity index (χ4n) is 1.37. The van der Waals surface area contributed by atoms with Gasteiger partial charge in [0.25, 0.3) is 0 Å². The molecule has 0 aliphatic carbocycles. The molecule has 0 atom stereocenters. The minimum atomic E-state index is 0.103.